The second kappa shape index (κ2) is 17.0. The lowest BCUT2D eigenvalue weighted by Crippen LogP contribution is -2.36. The van der Waals surface area contributed by atoms with Gasteiger partial charge in [0.05, 0.1) is 18.1 Å². The molecule has 0 amide bonds. The third-order valence-corrected chi connectivity index (χ3v) is 11.5. The predicted molar refractivity (Wildman–Crippen MR) is 215 cm³/mol. The molecule has 0 spiro atoms. The number of H-pyrrole nitrogens is 1. The number of benzene rings is 4. The van der Waals surface area contributed by atoms with Crippen molar-refractivity contribution in [1.29, 1.82) is 0 Å². The Balaban J connectivity index is 0.000000213. The molecule has 2 unspecified atom stereocenters. The van der Waals surface area contributed by atoms with Gasteiger partial charge in [-0.05, 0) is 70.5 Å². The topological polar surface area (TPSA) is 176 Å². The maximum absolute atomic E-state index is 12.4. The molecule has 4 aromatic carbocycles. The number of nitrogens with one attached hydrogen (secondary N) is 1. The largest absolute Gasteiger partial charge is 0.379 e. The Bertz CT molecular complexity index is 2260. The summed E-state index contributed by atoms with van der Waals surface area (Å²) in [5, 5.41) is 34.9. The van der Waals surface area contributed by atoms with E-state index in [1.54, 1.807) is 60.7 Å². The van der Waals surface area contributed by atoms with Crippen molar-refractivity contribution in [3.8, 4) is 22.3 Å². The van der Waals surface area contributed by atoms with E-state index in [2.05, 4.69) is 22.2 Å². The van der Waals surface area contributed by atoms with Crippen LogP contribution in [0.3, 0.4) is 0 Å². The molecular formula is C40H45Cl2N7O4S. The van der Waals surface area contributed by atoms with Crippen LogP contribution in [0, 0.1) is 0 Å². The van der Waals surface area contributed by atoms with Gasteiger partial charge in [-0.25, -0.2) is 0 Å². The fraction of sp³-hybridized carbons (Fsp3) is 0.250. The van der Waals surface area contributed by atoms with Crippen molar-refractivity contribution >= 4 is 33.4 Å². The summed E-state index contributed by atoms with van der Waals surface area (Å²) in [4.78, 5) is 0. The number of nitrogens with zero attached hydrogens (tertiary/aromatic N) is 4. The van der Waals surface area contributed by atoms with Crippen LogP contribution in [-0.4, -0.2) is 69.5 Å². The van der Waals surface area contributed by atoms with Crippen molar-refractivity contribution < 1.29 is 18.6 Å². The molecule has 0 saturated heterocycles. The first-order valence-electron chi connectivity index (χ1n) is 17.3. The molecule has 0 saturated carbocycles. The van der Waals surface area contributed by atoms with Crippen LogP contribution in [0.1, 0.15) is 47.5 Å². The number of aromatic nitrogens is 4. The van der Waals surface area contributed by atoms with Crippen molar-refractivity contribution in [2.24, 2.45) is 11.5 Å². The molecule has 0 radical (unpaired) electrons. The molecule has 11 nitrogen and oxygen atoms in total. The molecule has 54 heavy (non-hydrogen) atoms. The Morgan fingerprint density at radius 1 is 0.704 bits per heavy atom. The van der Waals surface area contributed by atoms with Crippen LogP contribution in [-0.2, 0) is 34.3 Å². The minimum absolute atomic E-state index is 0.00675. The lowest BCUT2D eigenvalue weighted by molar-refractivity contribution is 0.0899. The molecule has 0 aliphatic heterocycles. The summed E-state index contributed by atoms with van der Waals surface area (Å²) in [6.45, 7) is 4.08. The van der Waals surface area contributed by atoms with Gasteiger partial charge in [-0.1, -0.05) is 110 Å². The molecule has 14 heteroatoms. The Morgan fingerprint density at radius 2 is 1.11 bits per heavy atom. The summed E-state index contributed by atoms with van der Waals surface area (Å²) < 4.78 is 26.9. The second-order valence-corrected chi connectivity index (χ2v) is 15.8. The van der Waals surface area contributed by atoms with Crippen LogP contribution in [0.5, 0.6) is 0 Å². The minimum atomic E-state index is -3.70. The zero-order valence-corrected chi connectivity index (χ0v) is 32.9. The number of nitrogens with two attached hydrogens (primary N) is 2. The van der Waals surface area contributed by atoms with E-state index in [0.717, 1.165) is 53.9 Å². The Hall–Kier alpha value is -4.37. The van der Waals surface area contributed by atoms with Crippen molar-refractivity contribution in [2.45, 2.75) is 37.9 Å². The van der Waals surface area contributed by atoms with Crippen molar-refractivity contribution in [2.75, 3.05) is 27.2 Å². The summed E-state index contributed by atoms with van der Waals surface area (Å²) in [7, 11) is -0.780. The van der Waals surface area contributed by atoms with Gasteiger partial charge in [0, 0.05) is 54.1 Å². The van der Waals surface area contributed by atoms with Gasteiger partial charge in [0.1, 0.15) is 11.2 Å². The molecular weight excluding hydrogens is 745 g/mol. The monoisotopic (exact) mass is 789 g/mol. The SMILES string of the molecule is CCc1[nH]ncc1-c1ccc(C(O)(CN)c2ccc(Cl)cc2)cc1.CCc1nn(S(=O)(=O)N(C)C)cc1-c1ccc(C(O)(CN)c2ccc(Cl)cc2)cc1. The molecule has 7 N–H and O–H groups in total. The highest BCUT2D eigenvalue weighted by Crippen LogP contribution is 2.34. The highest BCUT2D eigenvalue weighted by Gasteiger charge is 2.31. The number of aryl methyl sites for hydroxylation is 2. The quantitative estimate of drug-likeness (QED) is 0.0988. The average Bonchev–Trinajstić information content (AvgIpc) is 3.86. The second-order valence-electron chi connectivity index (χ2n) is 12.9. The van der Waals surface area contributed by atoms with Crippen molar-refractivity contribution in [1.82, 2.24) is 23.7 Å². The van der Waals surface area contributed by atoms with Crippen LogP contribution < -0.4 is 11.5 Å². The van der Waals surface area contributed by atoms with Gasteiger partial charge in [-0.2, -0.15) is 27.0 Å². The van der Waals surface area contributed by atoms with E-state index < -0.39 is 21.4 Å². The molecule has 6 aromatic rings. The third kappa shape index (κ3) is 8.31. The molecule has 0 aliphatic carbocycles. The van der Waals surface area contributed by atoms with Gasteiger partial charge in [0.2, 0.25) is 0 Å². The molecule has 2 aromatic heterocycles. The van der Waals surface area contributed by atoms with E-state index in [4.69, 9.17) is 34.7 Å². The highest BCUT2D eigenvalue weighted by molar-refractivity contribution is 7.87. The molecule has 2 atom stereocenters. The first-order valence-corrected chi connectivity index (χ1v) is 19.5. The highest BCUT2D eigenvalue weighted by atomic mass is 35.5. The fourth-order valence-electron chi connectivity index (χ4n) is 6.11. The normalized spacial score (nSPS) is 13.9. The lowest BCUT2D eigenvalue weighted by Gasteiger charge is -2.28. The van der Waals surface area contributed by atoms with Crippen LogP contribution in [0.15, 0.2) is 109 Å². The number of aliphatic hydroxyl groups is 2. The number of hydrogen-bond acceptors (Lipinski definition) is 8. The Kier molecular flexibility index (Phi) is 12.8. The van der Waals surface area contributed by atoms with E-state index in [1.807, 2.05) is 49.5 Å². The summed E-state index contributed by atoms with van der Waals surface area (Å²) in [6, 6.07) is 29.0. The maximum atomic E-state index is 12.4. The van der Waals surface area contributed by atoms with Crippen LogP contribution >= 0.6 is 23.2 Å². The molecule has 0 bridgehead atoms. The van der Waals surface area contributed by atoms with Gasteiger partial charge in [-0.15, -0.1) is 0 Å². The van der Waals surface area contributed by atoms with E-state index in [0.29, 0.717) is 33.3 Å². The standard InChI is InChI=1S/C21H25ClN4O3S.C19H20ClN3O/c1-4-20-19(13-26(24-20)30(28,29)25(2)3)15-5-7-16(8-6-15)21(27,14-23)17-9-11-18(22)12-10-17;1-2-18-17(11-22-23-18)13-3-5-14(6-4-13)19(24,12-21)15-7-9-16(20)10-8-15/h5-13,27H,4,14,23H2,1-3H3;3-11,24H,2,12,21H2,1H3,(H,22,23). The Labute approximate surface area is 326 Å². The number of aromatic amines is 1. The average molecular weight is 791 g/mol. The zero-order valence-electron chi connectivity index (χ0n) is 30.5. The molecule has 284 valence electrons. The third-order valence-electron chi connectivity index (χ3n) is 9.46. The fourth-order valence-corrected chi connectivity index (χ4v) is 7.14. The number of hydrogen-bond donors (Lipinski definition) is 5. The van der Waals surface area contributed by atoms with Gasteiger partial charge in [-0.3, -0.25) is 5.10 Å². The summed E-state index contributed by atoms with van der Waals surface area (Å²) in [5.74, 6) is 0. The molecule has 0 aliphatic rings. The summed E-state index contributed by atoms with van der Waals surface area (Å²) in [5.41, 5.74) is 17.3. The van der Waals surface area contributed by atoms with E-state index in [1.165, 1.54) is 20.3 Å². The molecule has 2 heterocycles. The van der Waals surface area contributed by atoms with E-state index in [-0.39, 0.29) is 13.1 Å². The smallest absolute Gasteiger partial charge is 0.322 e. The van der Waals surface area contributed by atoms with Crippen LogP contribution in [0.25, 0.3) is 22.3 Å². The van der Waals surface area contributed by atoms with Gasteiger partial charge >= 0.3 is 10.2 Å². The molecule has 0 fully saturated rings. The van der Waals surface area contributed by atoms with Crippen LogP contribution in [0.2, 0.25) is 10.0 Å². The zero-order chi connectivity index (χ0) is 39.3. The number of halogens is 2. The predicted octanol–water partition coefficient (Wildman–Crippen LogP) is 6.10. The maximum Gasteiger partial charge on any atom is 0.322 e. The van der Waals surface area contributed by atoms with Crippen molar-refractivity contribution in [3.05, 3.63) is 153 Å². The van der Waals surface area contributed by atoms with Gasteiger partial charge < -0.3 is 21.7 Å². The first kappa shape index (κ1) is 40.8. The lowest BCUT2D eigenvalue weighted by atomic mass is 9.85. The van der Waals surface area contributed by atoms with Gasteiger partial charge in [0.25, 0.3) is 0 Å². The molecule has 6 rings (SSSR count). The Morgan fingerprint density at radius 3 is 1.48 bits per heavy atom. The van der Waals surface area contributed by atoms with Crippen molar-refractivity contribution in [3.63, 3.8) is 0 Å². The van der Waals surface area contributed by atoms with E-state index in [9.17, 15) is 18.6 Å². The first-order chi connectivity index (χ1) is 25.7. The minimum Gasteiger partial charge on any atom is -0.379 e. The number of rotatable bonds is 12. The summed E-state index contributed by atoms with van der Waals surface area (Å²) >= 11 is 11.9. The van der Waals surface area contributed by atoms with Gasteiger partial charge in [0.15, 0.2) is 0 Å². The van der Waals surface area contributed by atoms with Crippen LogP contribution in [0.4, 0.5) is 0 Å². The summed E-state index contributed by atoms with van der Waals surface area (Å²) in [6.07, 6.45) is 4.79. The van der Waals surface area contributed by atoms with E-state index >= 15 is 0 Å².